The first-order valence-electron chi connectivity index (χ1n) is 5.43. The predicted octanol–water partition coefficient (Wildman–Crippen LogP) is 1.99. The number of aryl methyl sites for hydroxylation is 2. The first-order chi connectivity index (χ1) is 7.74. The van der Waals surface area contributed by atoms with Gasteiger partial charge in [-0.2, -0.15) is 4.98 Å². The Balaban J connectivity index is 2.05. The van der Waals surface area contributed by atoms with E-state index in [1.807, 2.05) is 6.07 Å². The van der Waals surface area contributed by atoms with E-state index in [-0.39, 0.29) is 6.04 Å². The summed E-state index contributed by atoms with van der Waals surface area (Å²) in [5.74, 6) is 1.24. The molecule has 2 aromatic rings. The maximum Gasteiger partial charge on any atom is 0.223 e. The molecular formula is C12H13N3O. The molecule has 0 fully saturated rings. The van der Waals surface area contributed by atoms with Crippen molar-refractivity contribution in [2.45, 2.75) is 25.8 Å². The lowest BCUT2D eigenvalue weighted by Crippen LogP contribution is -2.04. The van der Waals surface area contributed by atoms with Gasteiger partial charge in [0, 0.05) is 18.5 Å². The summed E-state index contributed by atoms with van der Waals surface area (Å²) in [7, 11) is 0. The summed E-state index contributed by atoms with van der Waals surface area (Å²) in [6.07, 6.45) is 2.07. The van der Waals surface area contributed by atoms with Crippen molar-refractivity contribution in [2.24, 2.45) is 5.73 Å². The molecule has 4 heteroatoms. The number of hydrogen-bond donors (Lipinski definition) is 1. The normalized spacial score (nSPS) is 18.8. The molecule has 4 nitrogen and oxygen atoms in total. The minimum atomic E-state index is 0.191. The summed E-state index contributed by atoms with van der Waals surface area (Å²) >= 11 is 0. The fourth-order valence-electron chi connectivity index (χ4n) is 2.21. The van der Waals surface area contributed by atoms with Gasteiger partial charge in [-0.3, -0.25) is 0 Å². The first-order valence-corrected chi connectivity index (χ1v) is 5.43. The molecule has 1 heterocycles. The molecule has 0 unspecified atom stereocenters. The van der Waals surface area contributed by atoms with E-state index < -0.39 is 0 Å². The molecule has 0 aliphatic heterocycles. The van der Waals surface area contributed by atoms with Crippen LogP contribution in [0.5, 0.6) is 0 Å². The summed E-state index contributed by atoms with van der Waals surface area (Å²) in [6.45, 7) is 1.79. The molecule has 16 heavy (non-hydrogen) atoms. The van der Waals surface area contributed by atoms with E-state index in [1.165, 1.54) is 11.1 Å². The van der Waals surface area contributed by atoms with Gasteiger partial charge >= 0.3 is 0 Å². The molecule has 82 valence electrons. The lowest BCUT2D eigenvalue weighted by atomic mass is 10.0. The van der Waals surface area contributed by atoms with Crippen molar-refractivity contribution in [2.75, 3.05) is 0 Å². The summed E-state index contributed by atoms with van der Waals surface area (Å²) < 4.78 is 4.97. The second-order valence-corrected chi connectivity index (χ2v) is 4.20. The van der Waals surface area contributed by atoms with E-state index in [4.69, 9.17) is 10.3 Å². The zero-order valence-electron chi connectivity index (χ0n) is 9.10. The summed E-state index contributed by atoms with van der Waals surface area (Å²) in [4.78, 5) is 4.22. The van der Waals surface area contributed by atoms with Gasteiger partial charge in [0.05, 0.1) is 0 Å². The van der Waals surface area contributed by atoms with E-state index in [1.54, 1.807) is 6.92 Å². The van der Waals surface area contributed by atoms with Crippen molar-refractivity contribution >= 4 is 0 Å². The van der Waals surface area contributed by atoms with E-state index in [9.17, 15) is 0 Å². The van der Waals surface area contributed by atoms with E-state index >= 15 is 0 Å². The van der Waals surface area contributed by atoms with Crippen LogP contribution in [-0.2, 0) is 6.42 Å². The standard InChI is InChI=1S/C12H13N3O/c1-7-14-12(15-16-7)9-2-4-10-8(6-9)3-5-11(10)13/h2,4,6,11H,3,5,13H2,1H3/t11-/m1/s1. The SMILES string of the molecule is Cc1nc(-c2ccc3c(c2)CC[C@H]3N)no1. The molecule has 1 aromatic carbocycles. The van der Waals surface area contributed by atoms with Gasteiger partial charge in [-0.15, -0.1) is 0 Å². The number of hydrogen-bond acceptors (Lipinski definition) is 4. The summed E-state index contributed by atoms with van der Waals surface area (Å²) in [5.41, 5.74) is 9.56. The molecule has 0 radical (unpaired) electrons. The van der Waals surface area contributed by atoms with Gasteiger partial charge in [-0.05, 0) is 30.0 Å². The fourth-order valence-corrected chi connectivity index (χ4v) is 2.21. The molecule has 0 bridgehead atoms. The second kappa shape index (κ2) is 3.42. The smallest absolute Gasteiger partial charge is 0.223 e. The Morgan fingerprint density at radius 3 is 3.06 bits per heavy atom. The van der Waals surface area contributed by atoms with Gasteiger partial charge < -0.3 is 10.3 Å². The Morgan fingerprint density at radius 2 is 2.31 bits per heavy atom. The highest BCUT2D eigenvalue weighted by atomic mass is 16.5. The number of nitrogens with two attached hydrogens (primary N) is 1. The van der Waals surface area contributed by atoms with Gasteiger partial charge in [0.25, 0.3) is 0 Å². The van der Waals surface area contributed by atoms with Crippen LogP contribution in [0, 0.1) is 6.92 Å². The topological polar surface area (TPSA) is 64.9 Å². The summed E-state index contributed by atoms with van der Waals surface area (Å²) in [6, 6.07) is 6.39. The van der Waals surface area contributed by atoms with Crippen LogP contribution in [0.15, 0.2) is 22.7 Å². The fraction of sp³-hybridized carbons (Fsp3) is 0.333. The quantitative estimate of drug-likeness (QED) is 0.790. The molecule has 1 aromatic heterocycles. The van der Waals surface area contributed by atoms with Crippen molar-refractivity contribution in [3.63, 3.8) is 0 Å². The van der Waals surface area contributed by atoms with Crippen LogP contribution < -0.4 is 5.73 Å². The molecular weight excluding hydrogens is 202 g/mol. The average molecular weight is 215 g/mol. The van der Waals surface area contributed by atoms with Gasteiger partial charge in [-0.25, -0.2) is 0 Å². The minimum Gasteiger partial charge on any atom is -0.339 e. The molecule has 2 N–H and O–H groups in total. The number of aromatic nitrogens is 2. The number of fused-ring (bicyclic) bond motifs is 1. The highest BCUT2D eigenvalue weighted by Crippen LogP contribution is 2.31. The average Bonchev–Trinajstić information content (AvgIpc) is 2.86. The third kappa shape index (κ3) is 1.42. The predicted molar refractivity (Wildman–Crippen MR) is 59.7 cm³/mol. The van der Waals surface area contributed by atoms with Crippen LogP contribution in [0.4, 0.5) is 0 Å². The molecule has 0 spiro atoms. The summed E-state index contributed by atoms with van der Waals surface area (Å²) in [5, 5.41) is 3.91. The molecule has 0 amide bonds. The van der Waals surface area contributed by atoms with E-state index in [0.29, 0.717) is 11.7 Å². The van der Waals surface area contributed by atoms with Gasteiger partial charge in [0.2, 0.25) is 11.7 Å². The Labute approximate surface area is 93.5 Å². The molecule has 1 aliphatic carbocycles. The van der Waals surface area contributed by atoms with Crippen molar-refractivity contribution in [1.29, 1.82) is 0 Å². The van der Waals surface area contributed by atoms with Gasteiger partial charge in [0.1, 0.15) is 0 Å². The van der Waals surface area contributed by atoms with Crippen molar-refractivity contribution in [1.82, 2.24) is 10.1 Å². The Hall–Kier alpha value is -1.68. The third-order valence-corrected chi connectivity index (χ3v) is 3.05. The maximum atomic E-state index is 5.99. The van der Waals surface area contributed by atoms with Crippen LogP contribution in [0.2, 0.25) is 0 Å². The highest BCUT2D eigenvalue weighted by molar-refractivity contribution is 5.58. The zero-order chi connectivity index (χ0) is 11.1. The molecule has 3 rings (SSSR count). The second-order valence-electron chi connectivity index (χ2n) is 4.20. The van der Waals surface area contributed by atoms with Crippen LogP contribution in [-0.4, -0.2) is 10.1 Å². The van der Waals surface area contributed by atoms with Crippen molar-refractivity contribution in [3.05, 3.63) is 35.2 Å². The van der Waals surface area contributed by atoms with Crippen LogP contribution in [0.3, 0.4) is 0 Å². The first kappa shape index (κ1) is 9.54. The Bertz CT molecular complexity index is 533. The highest BCUT2D eigenvalue weighted by Gasteiger charge is 2.19. The third-order valence-electron chi connectivity index (χ3n) is 3.05. The number of benzene rings is 1. The minimum absolute atomic E-state index is 0.191. The molecule has 0 saturated carbocycles. The largest absolute Gasteiger partial charge is 0.339 e. The Kier molecular flexibility index (Phi) is 2.04. The Morgan fingerprint density at radius 1 is 1.44 bits per heavy atom. The molecule has 0 saturated heterocycles. The molecule has 1 atom stereocenters. The van der Waals surface area contributed by atoms with E-state index in [0.717, 1.165) is 18.4 Å². The van der Waals surface area contributed by atoms with Gasteiger partial charge in [0.15, 0.2) is 0 Å². The van der Waals surface area contributed by atoms with Crippen LogP contribution >= 0.6 is 0 Å². The maximum absolute atomic E-state index is 5.99. The van der Waals surface area contributed by atoms with Crippen LogP contribution in [0.25, 0.3) is 11.4 Å². The van der Waals surface area contributed by atoms with Crippen molar-refractivity contribution in [3.8, 4) is 11.4 Å². The van der Waals surface area contributed by atoms with Gasteiger partial charge in [-0.1, -0.05) is 17.3 Å². The number of nitrogens with zero attached hydrogens (tertiary/aromatic N) is 2. The lowest BCUT2D eigenvalue weighted by molar-refractivity contribution is 0.394. The zero-order valence-corrected chi connectivity index (χ0v) is 9.10. The number of rotatable bonds is 1. The monoisotopic (exact) mass is 215 g/mol. The molecule has 1 aliphatic rings. The van der Waals surface area contributed by atoms with Crippen molar-refractivity contribution < 1.29 is 4.52 Å². The lowest BCUT2D eigenvalue weighted by Gasteiger charge is -2.04. The van der Waals surface area contributed by atoms with Crippen LogP contribution in [0.1, 0.15) is 29.5 Å². The van der Waals surface area contributed by atoms with E-state index in [2.05, 4.69) is 22.3 Å².